The third-order valence-corrected chi connectivity index (χ3v) is 3.31. The van der Waals surface area contributed by atoms with Crippen molar-refractivity contribution in [3.63, 3.8) is 0 Å². The highest BCUT2D eigenvalue weighted by molar-refractivity contribution is 6.31. The Balaban J connectivity index is 1.55. The predicted molar refractivity (Wildman–Crippen MR) is 90.9 cm³/mol. The fourth-order valence-corrected chi connectivity index (χ4v) is 2.06. The molecule has 136 valence electrons. The minimum atomic E-state index is -0.558. The van der Waals surface area contributed by atoms with E-state index in [0.717, 1.165) is 0 Å². The van der Waals surface area contributed by atoms with Crippen LogP contribution in [0.3, 0.4) is 0 Å². The molecule has 0 saturated carbocycles. The SMILES string of the molecule is N=C(Nc1ccc(F)c(Cl)c1)c1nonc1OCCNc1nnc(N)[nH]1. The Kier molecular flexibility index (Phi) is 5.12. The van der Waals surface area contributed by atoms with Crippen molar-refractivity contribution < 1.29 is 13.8 Å². The first-order chi connectivity index (χ1) is 12.5. The zero-order valence-corrected chi connectivity index (χ0v) is 13.8. The molecule has 26 heavy (non-hydrogen) atoms. The topological polar surface area (TPSA) is 164 Å². The molecule has 0 aliphatic heterocycles. The molecule has 2 heterocycles. The van der Waals surface area contributed by atoms with Crippen molar-refractivity contribution in [1.29, 1.82) is 5.41 Å². The van der Waals surface area contributed by atoms with Crippen LogP contribution in [0.15, 0.2) is 22.8 Å². The number of hydrogen-bond acceptors (Lipinski definition) is 9. The second kappa shape index (κ2) is 7.65. The molecule has 0 radical (unpaired) electrons. The molecule has 0 saturated heterocycles. The van der Waals surface area contributed by atoms with E-state index in [4.69, 9.17) is 27.5 Å². The average Bonchev–Trinajstić information content (AvgIpc) is 3.24. The van der Waals surface area contributed by atoms with Crippen LogP contribution in [0, 0.1) is 11.2 Å². The molecule has 0 aliphatic carbocycles. The normalized spacial score (nSPS) is 10.5. The average molecular weight is 382 g/mol. The highest BCUT2D eigenvalue weighted by Crippen LogP contribution is 2.21. The summed E-state index contributed by atoms with van der Waals surface area (Å²) in [6.45, 7) is 0.534. The molecule has 0 amide bonds. The van der Waals surface area contributed by atoms with Crippen LogP contribution in [-0.4, -0.2) is 44.5 Å². The second-order valence-corrected chi connectivity index (χ2v) is 5.29. The summed E-state index contributed by atoms with van der Waals surface area (Å²) in [5.41, 5.74) is 5.86. The number of halogens is 2. The van der Waals surface area contributed by atoms with Gasteiger partial charge in [0.1, 0.15) is 12.4 Å². The van der Waals surface area contributed by atoms with Crippen LogP contribution >= 0.6 is 11.6 Å². The second-order valence-electron chi connectivity index (χ2n) is 4.88. The Morgan fingerprint density at radius 3 is 2.96 bits per heavy atom. The summed E-state index contributed by atoms with van der Waals surface area (Å²) >= 11 is 5.71. The van der Waals surface area contributed by atoms with Gasteiger partial charge >= 0.3 is 0 Å². The van der Waals surface area contributed by atoms with E-state index in [-0.39, 0.29) is 35.0 Å². The van der Waals surface area contributed by atoms with E-state index in [1.807, 2.05) is 0 Å². The summed E-state index contributed by atoms with van der Waals surface area (Å²) < 4.78 is 23.2. The van der Waals surface area contributed by atoms with Crippen molar-refractivity contribution in [2.24, 2.45) is 0 Å². The number of aromatic nitrogens is 5. The number of nitrogens with one attached hydrogen (secondary N) is 4. The minimum absolute atomic E-state index is 0.0228. The van der Waals surface area contributed by atoms with E-state index in [0.29, 0.717) is 18.2 Å². The molecule has 0 fully saturated rings. The van der Waals surface area contributed by atoms with Crippen LogP contribution in [0.2, 0.25) is 5.02 Å². The number of anilines is 3. The summed E-state index contributed by atoms with van der Waals surface area (Å²) in [4.78, 5) is 2.70. The van der Waals surface area contributed by atoms with E-state index in [2.05, 4.69) is 40.8 Å². The molecule has 6 N–H and O–H groups in total. The first kappa shape index (κ1) is 17.4. The maximum atomic E-state index is 13.2. The van der Waals surface area contributed by atoms with Gasteiger partial charge in [-0.1, -0.05) is 11.6 Å². The summed E-state index contributed by atoms with van der Waals surface area (Å²) in [7, 11) is 0. The fraction of sp³-hybridized carbons (Fsp3) is 0.154. The van der Waals surface area contributed by atoms with Gasteiger partial charge in [-0.05, 0) is 28.5 Å². The third-order valence-electron chi connectivity index (χ3n) is 3.02. The number of ether oxygens (including phenoxy) is 1. The number of nitrogens with two attached hydrogens (primary N) is 1. The Morgan fingerprint density at radius 2 is 2.23 bits per heavy atom. The van der Waals surface area contributed by atoms with Crippen molar-refractivity contribution in [2.75, 3.05) is 29.5 Å². The van der Waals surface area contributed by atoms with E-state index in [9.17, 15) is 4.39 Å². The van der Waals surface area contributed by atoms with E-state index in [1.54, 1.807) is 0 Å². The lowest BCUT2D eigenvalue weighted by Crippen LogP contribution is -2.17. The van der Waals surface area contributed by atoms with Gasteiger partial charge in [0.2, 0.25) is 17.6 Å². The summed E-state index contributed by atoms with van der Waals surface area (Å²) in [5.74, 6) is -0.101. The number of hydrogen-bond donors (Lipinski definition) is 5. The lowest BCUT2D eigenvalue weighted by molar-refractivity contribution is 0.261. The fourth-order valence-electron chi connectivity index (χ4n) is 1.88. The van der Waals surface area contributed by atoms with Crippen molar-refractivity contribution in [1.82, 2.24) is 25.5 Å². The standard InChI is InChI=1S/C13H13ClFN9O2/c14-7-5-6(1-2-8(7)15)19-10(16)9-11(24-26-23-9)25-4-3-18-13-20-12(17)21-22-13/h1-2,5H,3-4H2,(H2,16,19)(H4,17,18,20,21,22). The summed E-state index contributed by atoms with van der Waals surface area (Å²) in [6.07, 6.45) is 0. The molecule has 0 bridgehead atoms. The summed E-state index contributed by atoms with van der Waals surface area (Å²) in [6, 6.07) is 3.95. The van der Waals surface area contributed by atoms with Crippen LogP contribution in [0.5, 0.6) is 5.88 Å². The van der Waals surface area contributed by atoms with Crippen LogP contribution in [0.25, 0.3) is 0 Å². The summed E-state index contributed by atoms with van der Waals surface area (Å²) in [5, 5.41) is 28.1. The van der Waals surface area contributed by atoms with Crippen LogP contribution < -0.4 is 21.1 Å². The molecule has 1 aromatic carbocycles. The third kappa shape index (κ3) is 4.16. The van der Waals surface area contributed by atoms with Crippen molar-refractivity contribution in [2.45, 2.75) is 0 Å². The van der Waals surface area contributed by atoms with E-state index in [1.165, 1.54) is 18.2 Å². The molecule has 0 unspecified atom stereocenters. The lowest BCUT2D eigenvalue weighted by atomic mass is 10.3. The number of nitrogens with zero attached hydrogens (tertiary/aromatic N) is 4. The smallest absolute Gasteiger partial charge is 0.287 e. The van der Waals surface area contributed by atoms with Gasteiger partial charge in [-0.2, -0.15) is 0 Å². The maximum absolute atomic E-state index is 13.2. The van der Waals surface area contributed by atoms with Gasteiger partial charge in [-0.25, -0.2) is 9.02 Å². The zero-order valence-electron chi connectivity index (χ0n) is 13.1. The Labute approximate surface area is 150 Å². The number of H-pyrrole nitrogens is 1. The quantitative estimate of drug-likeness (QED) is 0.231. The zero-order chi connectivity index (χ0) is 18.5. The van der Waals surface area contributed by atoms with Gasteiger partial charge in [0.05, 0.1) is 11.6 Å². The predicted octanol–water partition coefficient (Wildman–Crippen LogP) is 1.49. The molecule has 0 aliphatic rings. The van der Waals surface area contributed by atoms with Crippen molar-refractivity contribution >= 4 is 35.0 Å². The molecule has 3 rings (SSSR count). The van der Waals surface area contributed by atoms with E-state index < -0.39 is 5.82 Å². The molecule has 3 aromatic rings. The highest BCUT2D eigenvalue weighted by Gasteiger charge is 2.17. The Hall–Kier alpha value is -3.41. The van der Waals surface area contributed by atoms with Crippen LogP contribution in [-0.2, 0) is 0 Å². The van der Waals surface area contributed by atoms with Crippen molar-refractivity contribution in [3.05, 3.63) is 34.7 Å². The lowest BCUT2D eigenvalue weighted by Gasteiger charge is -2.08. The molecule has 13 heteroatoms. The van der Waals surface area contributed by atoms with Gasteiger partial charge < -0.3 is 21.1 Å². The molecular formula is C13H13ClFN9O2. The Bertz CT molecular complexity index is 913. The monoisotopic (exact) mass is 381 g/mol. The largest absolute Gasteiger partial charge is 0.472 e. The van der Waals surface area contributed by atoms with E-state index >= 15 is 0 Å². The van der Waals surface area contributed by atoms with Gasteiger partial charge in [-0.3, -0.25) is 10.4 Å². The van der Waals surface area contributed by atoms with Gasteiger partial charge in [-0.15, -0.1) is 10.2 Å². The highest BCUT2D eigenvalue weighted by atomic mass is 35.5. The first-order valence-electron chi connectivity index (χ1n) is 7.21. The molecule has 2 aromatic heterocycles. The van der Waals surface area contributed by atoms with Gasteiger partial charge in [0.15, 0.2) is 5.84 Å². The number of aromatic amines is 1. The Morgan fingerprint density at radius 1 is 1.38 bits per heavy atom. The minimum Gasteiger partial charge on any atom is -0.472 e. The number of rotatable bonds is 7. The number of amidine groups is 1. The van der Waals surface area contributed by atoms with Crippen LogP contribution in [0.4, 0.5) is 22.0 Å². The van der Waals surface area contributed by atoms with Gasteiger partial charge in [0, 0.05) is 5.69 Å². The molecular weight excluding hydrogens is 369 g/mol. The molecule has 11 nitrogen and oxygen atoms in total. The first-order valence-corrected chi connectivity index (χ1v) is 7.59. The maximum Gasteiger partial charge on any atom is 0.287 e. The number of nitrogen functional groups attached to an aromatic ring is 1. The van der Waals surface area contributed by atoms with Crippen molar-refractivity contribution in [3.8, 4) is 5.88 Å². The van der Waals surface area contributed by atoms with Gasteiger partial charge in [0.25, 0.3) is 5.88 Å². The molecule has 0 spiro atoms. The molecule has 0 atom stereocenters. The number of benzene rings is 1. The van der Waals surface area contributed by atoms with Crippen LogP contribution in [0.1, 0.15) is 5.69 Å².